The number of aliphatic hydroxyl groups is 1. The van der Waals surface area contributed by atoms with Gasteiger partial charge in [-0.3, -0.25) is 4.79 Å². The van der Waals surface area contributed by atoms with E-state index in [0.29, 0.717) is 16.9 Å². The molecule has 1 N–H and O–H groups in total. The van der Waals surface area contributed by atoms with E-state index in [4.69, 9.17) is 0 Å². The van der Waals surface area contributed by atoms with Gasteiger partial charge in [-0.2, -0.15) is 5.10 Å². The fraction of sp³-hybridized carbons (Fsp3) is 0.227. The van der Waals surface area contributed by atoms with E-state index < -0.39 is 23.2 Å². The number of halogens is 2. The van der Waals surface area contributed by atoms with Gasteiger partial charge in [0.2, 0.25) is 0 Å². The number of Topliss-reactive ketones (excluding diaryl/α,β-unsaturated/α-hetero) is 1. The Balaban J connectivity index is 1.71. The SMILES string of the molecule is CC(=O)c1ccc(-n2cc([C@H](C)[C@](O)(Cn3cncn3)c3ccc(F)cc3F)nn2)cc1. The molecule has 0 radical (unpaired) electrons. The Morgan fingerprint density at radius 3 is 2.56 bits per heavy atom. The second kappa shape index (κ2) is 8.39. The molecule has 2 heterocycles. The highest BCUT2D eigenvalue weighted by Gasteiger charge is 2.41. The van der Waals surface area contributed by atoms with Gasteiger partial charge in [0.15, 0.2) is 5.78 Å². The number of rotatable bonds is 7. The summed E-state index contributed by atoms with van der Waals surface area (Å²) in [5.74, 6) is -2.44. The van der Waals surface area contributed by atoms with Crippen LogP contribution in [0.25, 0.3) is 5.69 Å². The van der Waals surface area contributed by atoms with Gasteiger partial charge in [0.1, 0.15) is 29.9 Å². The predicted molar refractivity (Wildman–Crippen MR) is 110 cm³/mol. The average molecular weight is 438 g/mol. The normalized spacial score (nSPS) is 14.2. The smallest absolute Gasteiger partial charge is 0.159 e. The number of hydrogen-bond donors (Lipinski definition) is 1. The molecule has 0 aliphatic rings. The van der Waals surface area contributed by atoms with Crippen LogP contribution in [0.5, 0.6) is 0 Å². The number of benzene rings is 2. The van der Waals surface area contributed by atoms with Crippen molar-refractivity contribution in [1.82, 2.24) is 29.8 Å². The van der Waals surface area contributed by atoms with Gasteiger partial charge >= 0.3 is 0 Å². The Kier molecular flexibility index (Phi) is 5.62. The molecule has 0 saturated carbocycles. The van der Waals surface area contributed by atoms with Crippen molar-refractivity contribution < 1.29 is 18.7 Å². The molecule has 4 aromatic rings. The summed E-state index contributed by atoms with van der Waals surface area (Å²) >= 11 is 0. The Labute approximate surface area is 182 Å². The van der Waals surface area contributed by atoms with Crippen LogP contribution < -0.4 is 0 Å². The lowest BCUT2D eigenvalue weighted by Crippen LogP contribution is -2.38. The summed E-state index contributed by atoms with van der Waals surface area (Å²) in [7, 11) is 0. The molecule has 32 heavy (non-hydrogen) atoms. The first-order valence-electron chi connectivity index (χ1n) is 9.82. The second-order valence-electron chi connectivity index (χ2n) is 7.55. The summed E-state index contributed by atoms with van der Waals surface area (Å²) in [6.07, 6.45) is 4.31. The molecule has 0 saturated heterocycles. The van der Waals surface area contributed by atoms with Crippen LogP contribution >= 0.6 is 0 Å². The van der Waals surface area contributed by atoms with E-state index in [9.17, 15) is 18.7 Å². The number of hydrogen-bond acceptors (Lipinski definition) is 6. The second-order valence-corrected chi connectivity index (χ2v) is 7.55. The third-order valence-corrected chi connectivity index (χ3v) is 5.48. The molecule has 0 fully saturated rings. The monoisotopic (exact) mass is 438 g/mol. The molecule has 0 amide bonds. The van der Waals surface area contributed by atoms with Crippen molar-refractivity contribution >= 4 is 5.78 Å². The fourth-order valence-corrected chi connectivity index (χ4v) is 3.55. The lowest BCUT2D eigenvalue weighted by Gasteiger charge is -2.33. The van der Waals surface area contributed by atoms with Crippen molar-refractivity contribution in [2.75, 3.05) is 0 Å². The molecule has 0 spiro atoms. The molecule has 2 aromatic heterocycles. The molecule has 2 aromatic carbocycles. The molecule has 8 nitrogen and oxygen atoms in total. The van der Waals surface area contributed by atoms with E-state index in [1.54, 1.807) is 37.4 Å². The topological polar surface area (TPSA) is 98.7 Å². The van der Waals surface area contributed by atoms with Gasteiger partial charge in [0, 0.05) is 23.1 Å². The van der Waals surface area contributed by atoms with Gasteiger partial charge in [-0.15, -0.1) is 5.10 Å². The van der Waals surface area contributed by atoms with Gasteiger partial charge in [0.25, 0.3) is 0 Å². The summed E-state index contributed by atoms with van der Waals surface area (Å²) in [6.45, 7) is 3.01. The highest BCUT2D eigenvalue weighted by atomic mass is 19.1. The largest absolute Gasteiger partial charge is 0.382 e. The minimum Gasteiger partial charge on any atom is -0.382 e. The number of nitrogens with zero attached hydrogens (tertiary/aromatic N) is 6. The first-order chi connectivity index (χ1) is 15.3. The van der Waals surface area contributed by atoms with Crippen molar-refractivity contribution in [2.24, 2.45) is 0 Å². The number of ketones is 1. The maximum absolute atomic E-state index is 14.7. The zero-order chi connectivity index (χ0) is 22.9. The van der Waals surface area contributed by atoms with Crippen molar-refractivity contribution in [3.8, 4) is 5.69 Å². The zero-order valence-electron chi connectivity index (χ0n) is 17.4. The molecule has 0 aliphatic heterocycles. The summed E-state index contributed by atoms with van der Waals surface area (Å²) in [4.78, 5) is 15.3. The standard InChI is InChI=1S/C22H20F2N6O2/c1-14(21-10-30(28-27-21)18-6-3-16(4-7-18)15(2)31)22(32,11-29-13-25-12-26-29)19-8-5-17(23)9-20(19)24/h3-10,12-14,32H,11H2,1-2H3/t14-,22+/m0/s1. The summed E-state index contributed by atoms with van der Waals surface area (Å²) < 4.78 is 31.1. The summed E-state index contributed by atoms with van der Waals surface area (Å²) in [5, 5.41) is 23.9. The highest BCUT2D eigenvalue weighted by Crippen LogP contribution is 2.39. The molecule has 10 heteroatoms. The lowest BCUT2D eigenvalue weighted by molar-refractivity contribution is -0.0123. The van der Waals surface area contributed by atoms with E-state index >= 15 is 0 Å². The Morgan fingerprint density at radius 2 is 1.94 bits per heavy atom. The maximum atomic E-state index is 14.7. The minimum atomic E-state index is -1.83. The summed E-state index contributed by atoms with van der Waals surface area (Å²) in [5.41, 5.74) is -0.315. The quantitative estimate of drug-likeness (QED) is 0.446. The van der Waals surface area contributed by atoms with Crippen LogP contribution in [0.4, 0.5) is 8.78 Å². The van der Waals surface area contributed by atoms with Crippen molar-refractivity contribution in [2.45, 2.75) is 31.9 Å². The third kappa shape index (κ3) is 4.04. The van der Waals surface area contributed by atoms with E-state index in [2.05, 4.69) is 20.4 Å². The first-order valence-corrected chi connectivity index (χ1v) is 9.82. The van der Waals surface area contributed by atoms with Crippen LogP contribution in [0.2, 0.25) is 0 Å². The van der Waals surface area contributed by atoms with Crippen LogP contribution in [0.15, 0.2) is 61.3 Å². The van der Waals surface area contributed by atoms with E-state index in [1.165, 1.54) is 35.0 Å². The lowest BCUT2D eigenvalue weighted by atomic mass is 9.80. The minimum absolute atomic E-state index is 0.0519. The van der Waals surface area contributed by atoms with E-state index in [1.807, 2.05) is 0 Å². The van der Waals surface area contributed by atoms with Gasteiger partial charge in [0.05, 0.1) is 24.1 Å². The summed E-state index contributed by atoms with van der Waals surface area (Å²) in [6, 6.07) is 9.83. The molecule has 0 aliphatic carbocycles. The van der Waals surface area contributed by atoms with Crippen LogP contribution in [0, 0.1) is 11.6 Å². The molecule has 0 unspecified atom stereocenters. The van der Waals surface area contributed by atoms with Crippen molar-refractivity contribution in [3.63, 3.8) is 0 Å². The van der Waals surface area contributed by atoms with Gasteiger partial charge in [-0.25, -0.2) is 23.1 Å². The molecule has 2 atom stereocenters. The van der Waals surface area contributed by atoms with Gasteiger partial charge < -0.3 is 5.11 Å². The van der Waals surface area contributed by atoms with E-state index in [-0.39, 0.29) is 17.9 Å². The average Bonchev–Trinajstić information content (AvgIpc) is 3.45. The van der Waals surface area contributed by atoms with Gasteiger partial charge in [-0.05, 0) is 37.3 Å². The van der Waals surface area contributed by atoms with Crippen LogP contribution in [-0.2, 0) is 12.1 Å². The fourth-order valence-electron chi connectivity index (χ4n) is 3.55. The van der Waals surface area contributed by atoms with Crippen molar-refractivity contribution in [1.29, 1.82) is 0 Å². The molecular formula is C22H20F2N6O2. The van der Waals surface area contributed by atoms with Crippen LogP contribution in [0.1, 0.15) is 41.4 Å². The first kappa shape index (κ1) is 21.4. The van der Waals surface area contributed by atoms with Gasteiger partial charge in [-0.1, -0.05) is 18.2 Å². The van der Waals surface area contributed by atoms with Crippen LogP contribution in [0.3, 0.4) is 0 Å². The number of carbonyl (C=O) groups excluding carboxylic acids is 1. The molecular weight excluding hydrogens is 418 g/mol. The Morgan fingerprint density at radius 1 is 1.19 bits per heavy atom. The molecule has 0 bridgehead atoms. The highest BCUT2D eigenvalue weighted by molar-refractivity contribution is 5.94. The van der Waals surface area contributed by atoms with E-state index in [0.717, 1.165) is 12.1 Å². The van der Waals surface area contributed by atoms with Crippen LogP contribution in [-0.4, -0.2) is 40.6 Å². The maximum Gasteiger partial charge on any atom is 0.159 e. The zero-order valence-corrected chi connectivity index (χ0v) is 17.4. The molecule has 4 rings (SSSR count). The Bertz CT molecular complexity index is 1240. The molecule has 164 valence electrons. The number of carbonyl (C=O) groups is 1. The van der Waals surface area contributed by atoms with Crippen molar-refractivity contribution in [3.05, 3.63) is 89.8 Å². The number of aromatic nitrogens is 6. The third-order valence-electron chi connectivity index (χ3n) is 5.48. The predicted octanol–water partition coefficient (Wildman–Crippen LogP) is 3.03. The Hall–Kier alpha value is -3.79.